The van der Waals surface area contributed by atoms with E-state index in [4.69, 9.17) is 10.5 Å². The van der Waals surface area contributed by atoms with Crippen molar-refractivity contribution in [2.24, 2.45) is 11.7 Å². The Morgan fingerprint density at radius 2 is 1.95 bits per heavy atom. The average Bonchev–Trinajstić information content (AvgIpc) is 3.00. The van der Waals surface area contributed by atoms with Crippen molar-refractivity contribution in [2.75, 3.05) is 46.4 Å². The van der Waals surface area contributed by atoms with Gasteiger partial charge in [0.1, 0.15) is 6.04 Å². The first-order valence-electron chi connectivity index (χ1n) is 6.96. The van der Waals surface area contributed by atoms with Crippen LogP contribution in [-0.2, 0) is 9.53 Å². The van der Waals surface area contributed by atoms with Gasteiger partial charge in [0.15, 0.2) is 0 Å². The lowest BCUT2D eigenvalue weighted by atomic mass is 10.1. The molecule has 2 atom stereocenters. The fourth-order valence-corrected chi connectivity index (χ4v) is 3.00. The second-order valence-electron chi connectivity index (χ2n) is 5.51. The molecule has 2 N–H and O–H groups in total. The average molecular weight is 328 g/mol. The van der Waals surface area contributed by atoms with Crippen LogP contribution in [-0.4, -0.2) is 68.2 Å². The SMILES string of the molecule is COCC(N)C(=O)N1CCC(CN2CCCC2)C1.Cl.Cl. The molecule has 0 radical (unpaired) electrons. The van der Waals surface area contributed by atoms with Crippen molar-refractivity contribution in [1.29, 1.82) is 0 Å². The Morgan fingerprint density at radius 3 is 2.55 bits per heavy atom. The summed E-state index contributed by atoms with van der Waals surface area (Å²) in [5.74, 6) is 0.669. The zero-order chi connectivity index (χ0) is 13.0. The fourth-order valence-electron chi connectivity index (χ4n) is 3.00. The van der Waals surface area contributed by atoms with Crippen molar-refractivity contribution >= 4 is 30.7 Å². The van der Waals surface area contributed by atoms with E-state index in [1.165, 1.54) is 25.9 Å². The Morgan fingerprint density at radius 1 is 1.30 bits per heavy atom. The number of nitrogens with two attached hydrogens (primary N) is 1. The minimum absolute atomic E-state index is 0. The third-order valence-electron chi connectivity index (χ3n) is 3.98. The number of carbonyl (C=O) groups excluding carboxylic acids is 1. The van der Waals surface area contributed by atoms with Crippen molar-refractivity contribution in [2.45, 2.75) is 25.3 Å². The Balaban J connectivity index is 0.00000180. The number of hydrogen-bond donors (Lipinski definition) is 1. The molecule has 0 aromatic heterocycles. The molecule has 0 bridgehead atoms. The highest BCUT2D eigenvalue weighted by Crippen LogP contribution is 2.20. The molecule has 120 valence electrons. The van der Waals surface area contributed by atoms with Gasteiger partial charge < -0.3 is 20.3 Å². The molecule has 2 heterocycles. The Hall–Kier alpha value is -0.0700. The molecule has 1 amide bonds. The van der Waals surface area contributed by atoms with E-state index in [2.05, 4.69) is 4.90 Å². The second-order valence-corrected chi connectivity index (χ2v) is 5.51. The van der Waals surface area contributed by atoms with Crippen molar-refractivity contribution in [3.8, 4) is 0 Å². The summed E-state index contributed by atoms with van der Waals surface area (Å²) in [4.78, 5) is 16.5. The number of ether oxygens (including phenoxy) is 1. The first-order valence-corrected chi connectivity index (χ1v) is 6.96. The van der Waals surface area contributed by atoms with Gasteiger partial charge in [-0.25, -0.2) is 0 Å². The monoisotopic (exact) mass is 327 g/mol. The van der Waals surface area contributed by atoms with E-state index in [9.17, 15) is 4.79 Å². The first kappa shape index (κ1) is 19.9. The van der Waals surface area contributed by atoms with Gasteiger partial charge >= 0.3 is 0 Å². The second kappa shape index (κ2) is 9.79. The lowest BCUT2D eigenvalue weighted by molar-refractivity contribution is -0.132. The van der Waals surface area contributed by atoms with E-state index < -0.39 is 6.04 Å². The van der Waals surface area contributed by atoms with Gasteiger partial charge in [-0.3, -0.25) is 4.79 Å². The summed E-state index contributed by atoms with van der Waals surface area (Å²) in [6.07, 6.45) is 3.77. The molecule has 0 spiro atoms. The van der Waals surface area contributed by atoms with E-state index in [0.29, 0.717) is 12.5 Å². The molecule has 0 saturated carbocycles. The minimum Gasteiger partial charge on any atom is -0.383 e. The van der Waals surface area contributed by atoms with Crippen molar-refractivity contribution in [1.82, 2.24) is 9.80 Å². The Labute approximate surface area is 134 Å². The van der Waals surface area contributed by atoms with Crippen molar-refractivity contribution < 1.29 is 9.53 Å². The highest BCUT2D eigenvalue weighted by atomic mass is 35.5. The van der Waals surface area contributed by atoms with Gasteiger partial charge in [0.25, 0.3) is 0 Å². The van der Waals surface area contributed by atoms with Gasteiger partial charge in [-0.2, -0.15) is 0 Å². The number of halogens is 2. The van der Waals surface area contributed by atoms with Gasteiger partial charge in [-0.15, -0.1) is 24.8 Å². The molecule has 0 aliphatic carbocycles. The molecular formula is C13H27Cl2N3O2. The van der Waals surface area contributed by atoms with Crippen LogP contribution in [0.4, 0.5) is 0 Å². The molecule has 0 aromatic carbocycles. The summed E-state index contributed by atoms with van der Waals surface area (Å²) in [6.45, 7) is 5.64. The van der Waals surface area contributed by atoms with Gasteiger partial charge in [0, 0.05) is 26.7 Å². The quantitative estimate of drug-likeness (QED) is 0.809. The molecule has 2 aliphatic heterocycles. The van der Waals surface area contributed by atoms with E-state index >= 15 is 0 Å². The van der Waals surface area contributed by atoms with E-state index in [-0.39, 0.29) is 30.7 Å². The van der Waals surface area contributed by atoms with E-state index in [1.54, 1.807) is 7.11 Å². The zero-order valence-corrected chi connectivity index (χ0v) is 13.8. The largest absolute Gasteiger partial charge is 0.383 e. The van der Waals surface area contributed by atoms with Crippen LogP contribution < -0.4 is 5.73 Å². The molecule has 2 fully saturated rings. The van der Waals surface area contributed by atoms with Crippen molar-refractivity contribution in [3.63, 3.8) is 0 Å². The molecule has 2 aliphatic rings. The normalized spacial score (nSPS) is 24.1. The van der Waals surface area contributed by atoms with Gasteiger partial charge in [-0.1, -0.05) is 0 Å². The lowest BCUT2D eigenvalue weighted by Crippen LogP contribution is -2.45. The molecule has 5 nitrogen and oxygen atoms in total. The summed E-state index contributed by atoms with van der Waals surface area (Å²) in [6, 6.07) is -0.500. The number of rotatable bonds is 5. The Kier molecular flexibility index (Phi) is 9.76. The number of likely N-dealkylation sites (tertiary alicyclic amines) is 2. The predicted molar refractivity (Wildman–Crippen MR) is 84.7 cm³/mol. The van der Waals surface area contributed by atoms with Gasteiger partial charge in [0.2, 0.25) is 5.91 Å². The smallest absolute Gasteiger partial charge is 0.241 e. The molecule has 2 saturated heterocycles. The molecule has 2 rings (SSSR count). The molecule has 2 unspecified atom stereocenters. The van der Waals surface area contributed by atoms with Crippen molar-refractivity contribution in [3.05, 3.63) is 0 Å². The van der Waals surface area contributed by atoms with Crippen LogP contribution in [0.25, 0.3) is 0 Å². The molecule has 20 heavy (non-hydrogen) atoms. The minimum atomic E-state index is -0.500. The summed E-state index contributed by atoms with van der Waals surface area (Å²) >= 11 is 0. The highest BCUT2D eigenvalue weighted by Gasteiger charge is 2.30. The summed E-state index contributed by atoms with van der Waals surface area (Å²) in [5.41, 5.74) is 5.79. The Bertz CT molecular complexity index is 289. The highest BCUT2D eigenvalue weighted by molar-refractivity contribution is 5.85. The predicted octanol–water partition coefficient (Wildman–Crippen LogP) is 0.748. The maximum atomic E-state index is 12.0. The van der Waals surface area contributed by atoms with Crippen LogP contribution in [0.2, 0.25) is 0 Å². The third-order valence-corrected chi connectivity index (χ3v) is 3.98. The summed E-state index contributed by atoms with van der Waals surface area (Å²) in [5, 5.41) is 0. The van der Waals surface area contributed by atoms with Crippen LogP contribution in [0.5, 0.6) is 0 Å². The summed E-state index contributed by atoms with van der Waals surface area (Å²) < 4.78 is 4.94. The summed E-state index contributed by atoms with van der Waals surface area (Å²) in [7, 11) is 1.58. The first-order chi connectivity index (χ1) is 8.70. The van der Waals surface area contributed by atoms with E-state index in [0.717, 1.165) is 26.1 Å². The van der Waals surface area contributed by atoms with Crippen LogP contribution in [0.15, 0.2) is 0 Å². The zero-order valence-electron chi connectivity index (χ0n) is 12.1. The number of amides is 1. The van der Waals surface area contributed by atoms with Gasteiger partial charge in [-0.05, 0) is 38.3 Å². The lowest BCUT2D eigenvalue weighted by Gasteiger charge is -2.22. The van der Waals surface area contributed by atoms with Crippen LogP contribution >= 0.6 is 24.8 Å². The number of nitrogens with zero attached hydrogens (tertiary/aromatic N) is 2. The fraction of sp³-hybridized carbons (Fsp3) is 0.923. The number of carbonyl (C=O) groups is 1. The van der Waals surface area contributed by atoms with Crippen LogP contribution in [0.3, 0.4) is 0 Å². The van der Waals surface area contributed by atoms with Crippen LogP contribution in [0, 0.1) is 5.92 Å². The molecule has 0 aromatic rings. The third kappa shape index (κ3) is 5.37. The number of hydrogen-bond acceptors (Lipinski definition) is 4. The van der Waals surface area contributed by atoms with E-state index in [1.807, 2.05) is 4.90 Å². The topological polar surface area (TPSA) is 58.8 Å². The standard InChI is InChI=1S/C13H25N3O2.2ClH/c1-18-10-12(14)13(17)16-7-4-11(9-16)8-15-5-2-3-6-15;;/h11-12H,2-10,14H2,1H3;2*1H. The van der Waals surface area contributed by atoms with Gasteiger partial charge in [0.05, 0.1) is 6.61 Å². The maximum Gasteiger partial charge on any atom is 0.241 e. The maximum absolute atomic E-state index is 12.0. The molecule has 7 heteroatoms. The van der Waals surface area contributed by atoms with Crippen LogP contribution in [0.1, 0.15) is 19.3 Å². The molecular weight excluding hydrogens is 301 g/mol. The number of methoxy groups -OCH3 is 1.